The summed E-state index contributed by atoms with van der Waals surface area (Å²) >= 11 is 0. The molecule has 2 N–H and O–H groups in total. The van der Waals surface area contributed by atoms with Gasteiger partial charge in [-0.3, -0.25) is 0 Å². The van der Waals surface area contributed by atoms with Crippen LogP contribution in [0.5, 0.6) is 11.5 Å². The van der Waals surface area contributed by atoms with E-state index in [0.717, 1.165) is 10.8 Å². The van der Waals surface area contributed by atoms with Crippen LogP contribution in [0.2, 0.25) is 0 Å². The molecule has 1 heterocycles. The molecule has 6 nitrogen and oxygen atoms in total. The Kier molecular flexibility index (Phi) is 4.30. The second-order valence-electron chi connectivity index (χ2n) is 6.68. The molecule has 0 spiro atoms. The summed E-state index contributed by atoms with van der Waals surface area (Å²) in [4.78, 5) is 0.155. The molecule has 0 bridgehead atoms. The van der Waals surface area contributed by atoms with Crippen LogP contribution in [-0.4, -0.2) is 26.9 Å². The van der Waals surface area contributed by atoms with Gasteiger partial charge in [-0.2, -0.15) is 0 Å². The van der Waals surface area contributed by atoms with Crippen molar-refractivity contribution in [1.29, 1.82) is 0 Å². The maximum atomic E-state index is 12.7. The fourth-order valence-corrected chi connectivity index (χ4v) is 4.15. The second kappa shape index (κ2) is 6.53. The lowest BCUT2D eigenvalue weighted by molar-refractivity contribution is 0.0625. The van der Waals surface area contributed by atoms with Crippen molar-refractivity contribution in [2.45, 2.75) is 17.4 Å². The fraction of sp³-hybridized carbons (Fsp3) is 0.200. The lowest BCUT2D eigenvalue weighted by atomic mass is 9.96. The minimum absolute atomic E-state index is 0.134. The molecule has 27 heavy (non-hydrogen) atoms. The third-order valence-corrected chi connectivity index (χ3v) is 6.03. The SMILES string of the molecule is CC(O)(CNS(=O)(=O)c1ccc2ccccc2c1)c1ccc2c(c1)OCO2. The number of nitrogens with one attached hydrogen (secondary N) is 1. The number of ether oxygens (including phenoxy) is 2. The van der Waals surface area contributed by atoms with Gasteiger partial charge < -0.3 is 14.6 Å². The van der Waals surface area contributed by atoms with Crippen LogP contribution >= 0.6 is 0 Å². The zero-order valence-electron chi connectivity index (χ0n) is 14.7. The van der Waals surface area contributed by atoms with E-state index in [9.17, 15) is 13.5 Å². The molecule has 0 saturated heterocycles. The molecule has 3 aromatic carbocycles. The summed E-state index contributed by atoms with van der Waals surface area (Å²) in [7, 11) is -3.77. The molecule has 0 saturated carbocycles. The van der Waals surface area contributed by atoms with E-state index >= 15 is 0 Å². The largest absolute Gasteiger partial charge is 0.454 e. The maximum absolute atomic E-state index is 12.7. The molecule has 0 radical (unpaired) electrons. The Morgan fingerprint density at radius 2 is 1.74 bits per heavy atom. The van der Waals surface area contributed by atoms with Crippen LogP contribution in [0.15, 0.2) is 65.6 Å². The normalized spacial score (nSPS) is 15.6. The van der Waals surface area contributed by atoms with Crippen molar-refractivity contribution in [3.05, 3.63) is 66.2 Å². The zero-order chi connectivity index (χ0) is 19.1. The lowest BCUT2D eigenvalue weighted by Gasteiger charge is -2.24. The van der Waals surface area contributed by atoms with Gasteiger partial charge in [-0.05, 0) is 47.5 Å². The number of hydrogen-bond donors (Lipinski definition) is 2. The molecule has 0 aliphatic carbocycles. The first-order chi connectivity index (χ1) is 12.9. The number of benzene rings is 3. The molecule has 1 unspecified atom stereocenters. The van der Waals surface area contributed by atoms with Crippen LogP contribution in [-0.2, 0) is 15.6 Å². The van der Waals surface area contributed by atoms with Crippen LogP contribution in [0, 0.1) is 0 Å². The van der Waals surface area contributed by atoms with E-state index < -0.39 is 15.6 Å². The first-order valence-electron chi connectivity index (χ1n) is 8.46. The van der Waals surface area contributed by atoms with Crippen molar-refractivity contribution in [3.63, 3.8) is 0 Å². The van der Waals surface area contributed by atoms with E-state index in [-0.39, 0.29) is 18.2 Å². The van der Waals surface area contributed by atoms with Gasteiger partial charge in [-0.15, -0.1) is 0 Å². The molecular formula is C20H19NO5S. The van der Waals surface area contributed by atoms with E-state index in [1.165, 1.54) is 0 Å². The van der Waals surface area contributed by atoms with Crippen molar-refractivity contribution in [3.8, 4) is 11.5 Å². The van der Waals surface area contributed by atoms with Crippen molar-refractivity contribution >= 4 is 20.8 Å². The number of rotatable bonds is 5. The Labute approximate surface area is 157 Å². The van der Waals surface area contributed by atoms with Gasteiger partial charge in [-0.25, -0.2) is 13.1 Å². The van der Waals surface area contributed by atoms with Gasteiger partial charge in [0.05, 0.1) is 4.90 Å². The van der Waals surface area contributed by atoms with Crippen LogP contribution in [0.4, 0.5) is 0 Å². The van der Waals surface area contributed by atoms with Crippen molar-refractivity contribution in [2.75, 3.05) is 13.3 Å². The summed E-state index contributed by atoms with van der Waals surface area (Å²) in [6, 6.07) is 17.5. The molecule has 1 aliphatic heterocycles. The predicted molar refractivity (Wildman–Crippen MR) is 101 cm³/mol. The molecule has 1 atom stereocenters. The molecule has 3 aromatic rings. The molecular weight excluding hydrogens is 366 g/mol. The summed E-state index contributed by atoms with van der Waals surface area (Å²) in [5.41, 5.74) is -0.877. The maximum Gasteiger partial charge on any atom is 0.240 e. The van der Waals surface area contributed by atoms with Crippen molar-refractivity contribution in [1.82, 2.24) is 4.72 Å². The highest BCUT2D eigenvalue weighted by molar-refractivity contribution is 7.89. The first-order valence-corrected chi connectivity index (χ1v) is 9.94. The summed E-state index contributed by atoms with van der Waals surface area (Å²) in [6.07, 6.45) is 0. The molecule has 0 aromatic heterocycles. The Balaban J connectivity index is 1.55. The molecule has 4 rings (SSSR count). The van der Waals surface area contributed by atoms with E-state index in [1.54, 1.807) is 43.3 Å². The van der Waals surface area contributed by atoms with Gasteiger partial charge in [0.15, 0.2) is 11.5 Å². The van der Waals surface area contributed by atoms with Gasteiger partial charge in [-0.1, -0.05) is 36.4 Å². The number of fused-ring (bicyclic) bond motifs is 2. The van der Waals surface area contributed by atoms with Gasteiger partial charge in [0.1, 0.15) is 5.60 Å². The van der Waals surface area contributed by atoms with Gasteiger partial charge in [0.25, 0.3) is 0 Å². The standard InChI is InChI=1S/C20H19NO5S/c1-20(22,16-7-9-18-19(11-16)26-13-25-18)12-21-27(23,24)17-8-6-14-4-2-3-5-15(14)10-17/h2-11,21-22H,12-13H2,1H3. The van der Waals surface area contributed by atoms with E-state index in [0.29, 0.717) is 17.1 Å². The molecule has 7 heteroatoms. The minimum atomic E-state index is -3.77. The number of hydrogen-bond acceptors (Lipinski definition) is 5. The Bertz CT molecular complexity index is 1110. The highest BCUT2D eigenvalue weighted by atomic mass is 32.2. The summed E-state index contributed by atoms with van der Waals surface area (Å²) in [5, 5.41) is 12.6. The predicted octanol–water partition coefficient (Wildman–Crippen LogP) is 2.75. The average molecular weight is 385 g/mol. The van der Waals surface area contributed by atoms with Crippen molar-refractivity contribution in [2.24, 2.45) is 0 Å². The first kappa shape index (κ1) is 17.8. The quantitative estimate of drug-likeness (QED) is 0.705. The summed E-state index contributed by atoms with van der Waals surface area (Å²) in [5.74, 6) is 1.14. The van der Waals surface area contributed by atoms with Crippen LogP contribution in [0.1, 0.15) is 12.5 Å². The fourth-order valence-electron chi connectivity index (χ4n) is 2.99. The summed E-state index contributed by atoms with van der Waals surface area (Å²) in [6.45, 7) is 1.50. The molecule has 0 fully saturated rings. The Hall–Kier alpha value is -2.61. The van der Waals surface area contributed by atoms with Crippen molar-refractivity contribution < 1.29 is 23.0 Å². The summed E-state index contributed by atoms with van der Waals surface area (Å²) < 4.78 is 38.4. The third kappa shape index (κ3) is 3.49. The topological polar surface area (TPSA) is 84.9 Å². The highest BCUT2D eigenvalue weighted by Gasteiger charge is 2.28. The lowest BCUT2D eigenvalue weighted by Crippen LogP contribution is -2.38. The van der Waals surface area contributed by atoms with Gasteiger partial charge >= 0.3 is 0 Å². The van der Waals surface area contributed by atoms with E-state index in [4.69, 9.17) is 9.47 Å². The smallest absolute Gasteiger partial charge is 0.240 e. The highest BCUT2D eigenvalue weighted by Crippen LogP contribution is 2.35. The molecule has 0 amide bonds. The third-order valence-electron chi connectivity index (χ3n) is 4.63. The minimum Gasteiger partial charge on any atom is -0.454 e. The Morgan fingerprint density at radius 1 is 1.00 bits per heavy atom. The van der Waals surface area contributed by atoms with Gasteiger partial charge in [0.2, 0.25) is 16.8 Å². The monoisotopic (exact) mass is 385 g/mol. The zero-order valence-corrected chi connectivity index (χ0v) is 15.5. The molecule has 140 valence electrons. The van der Waals surface area contributed by atoms with Gasteiger partial charge in [0, 0.05) is 6.54 Å². The second-order valence-corrected chi connectivity index (χ2v) is 8.44. The molecule has 1 aliphatic rings. The average Bonchev–Trinajstić information content (AvgIpc) is 3.14. The van der Waals surface area contributed by atoms with Crippen LogP contribution in [0.25, 0.3) is 10.8 Å². The van der Waals surface area contributed by atoms with E-state index in [2.05, 4.69) is 4.72 Å². The van der Waals surface area contributed by atoms with Crippen LogP contribution < -0.4 is 14.2 Å². The number of aliphatic hydroxyl groups is 1. The Morgan fingerprint density at radius 3 is 2.56 bits per heavy atom. The number of sulfonamides is 1. The van der Waals surface area contributed by atoms with E-state index in [1.807, 2.05) is 24.3 Å². The van der Waals surface area contributed by atoms with Crippen LogP contribution in [0.3, 0.4) is 0 Å².